The van der Waals surface area contributed by atoms with Gasteiger partial charge in [0.05, 0.1) is 22.4 Å². The largest absolute Gasteiger partial charge is 0.397 e. The van der Waals surface area contributed by atoms with Crippen LogP contribution in [0.4, 0.5) is 11.4 Å². The summed E-state index contributed by atoms with van der Waals surface area (Å²) < 4.78 is 22.2. The lowest BCUT2D eigenvalue weighted by Gasteiger charge is -2.14. The maximum Gasteiger partial charge on any atom is 0.238 e. The number of nitrogen functional groups attached to an aromatic ring is 1. The molecule has 0 fully saturated rings. The van der Waals surface area contributed by atoms with Crippen molar-refractivity contribution in [2.45, 2.75) is 30.8 Å². The van der Waals surface area contributed by atoms with Crippen LogP contribution >= 0.6 is 0 Å². The van der Waals surface area contributed by atoms with Gasteiger partial charge < -0.3 is 16.2 Å². The summed E-state index contributed by atoms with van der Waals surface area (Å²) in [6.45, 7) is 2.35. The molecule has 0 radical (unpaired) electrons. The van der Waals surface area contributed by atoms with Crippen molar-refractivity contribution >= 4 is 21.4 Å². The number of hydrogen-bond acceptors (Lipinski definition) is 5. The molecule has 0 saturated carbocycles. The van der Waals surface area contributed by atoms with E-state index in [4.69, 9.17) is 10.9 Å². The van der Waals surface area contributed by atoms with Crippen molar-refractivity contribution in [1.29, 1.82) is 0 Å². The fourth-order valence-corrected chi connectivity index (χ4v) is 2.09. The molecule has 1 rings (SSSR count). The third-order valence-electron chi connectivity index (χ3n) is 2.50. The maximum absolute atomic E-state index is 11.1. The van der Waals surface area contributed by atoms with Crippen molar-refractivity contribution in [2.75, 3.05) is 17.6 Å². The monoisotopic (exact) mass is 273 g/mol. The Morgan fingerprint density at radius 2 is 2.11 bits per heavy atom. The van der Waals surface area contributed by atoms with Crippen LogP contribution in [0.3, 0.4) is 0 Å². The zero-order valence-electron chi connectivity index (χ0n) is 10.3. The molecule has 0 aliphatic rings. The number of anilines is 2. The third kappa shape index (κ3) is 4.17. The van der Waals surface area contributed by atoms with Gasteiger partial charge in [-0.1, -0.05) is 13.3 Å². The zero-order valence-corrected chi connectivity index (χ0v) is 11.1. The predicted octanol–water partition coefficient (Wildman–Crippen LogP) is 0.489. The van der Waals surface area contributed by atoms with E-state index >= 15 is 0 Å². The van der Waals surface area contributed by atoms with Crippen molar-refractivity contribution in [3.63, 3.8) is 0 Å². The molecule has 18 heavy (non-hydrogen) atoms. The molecule has 0 spiro atoms. The van der Waals surface area contributed by atoms with E-state index in [9.17, 15) is 13.5 Å². The smallest absolute Gasteiger partial charge is 0.238 e. The highest BCUT2D eigenvalue weighted by Crippen LogP contribution is 2.21. The fraction of sp³-hybridized carbons (Fsp3) is 0.455. The van der Waals surface area contributed by atoms with E-state index < -0.39 is 16.1 Å². The number of rotatable bonds is 6. The van der Waals surface area contributed by atoms with Crippen LogP contribution in [0, 0.1) is 0 Å². The minimum atomic E-state index is -3.74. The van der Waals surface area contributed by atoms with E-state index in [1.807, 2.05) is 6.92 Å². The lowest BCUT2D eigenvalue weighted by Crippen LogP contribution is -2.20. The second-order valence-electron chi connectivity index (χ2n) is 4.12. The molecule has 0 saturated heterocycles. The summed E-state index contributed by atoms with van der Waals surface area (Å²) in [4.78, 5) is -0.0281. The molecule has 1 aromatic carbocycles. The summed E-state index contributed by atoms with van der Waals surface area (Å²) in [7, 11) is -3.74. The molecule has 6 nitrogen and oxygen atoms in total. The molecule has 0 aromatic heterocycles. The summed E-state index contributed by atoms with van der Waals surface area (Å²) >= 11 is 0. The van der Waals surface area contributed by atoms with Crippen molar-refractivity contribution in [3.05, 3.63) is 18.2 Å². The van der Waals surface area contributed by atoms with Crippen LogP contribution in [0.25, 0.3) is 0 Å². The minimum Gasteiger partial charge on any atom is -0.397 e. The van der Waals surface area contributed by atoms with Crippen molar-refractivity contribution in [1.82, 2.24) is 0 Å². The summed E-state index contributed by atoms with van der Waals surface area (Å²) in [5.74, 6) is 0. The molecule has 0 bridgehead atoms. The normalized spacial score (nSPS) is 13.3. The number of aliphatic hydroxyl groups is 1. The van der Waals surface area contributed by atoms with Gasteiger partial charge >= 0.3 is 0 Å². The topological polar surface area (TPSA) is 118 Å². The number of benzene rings is 1. The van der Waals surface area contributed by atoms with Crippen LogP contribution in [0.5, 0.6) is 0 Å². The average Bonchev–Trinajstić information content (AvgIpc) is 2.26. The molecule has 102 valence electrons. The number of nitrogens with two attached hydrogens (primary N) is 2. The Balaban J connectivity index is 2.75. The molecule has 7 heteroatoms. The predicted molar refractivity (Wildman–Crippen MR) is 71.6 cm³/mol. The van der Waals surface area contributed by atoms with Gasteiger partial charge in [-0.05, 0) is 24.6 Å². The first-order valence-electron chi connectivity index (χ1n) is 5.69. The van der Waals surface area contributed by atoms with Crippen LogP contribution in [0.2, 0.25) is 0 Å². The van der Waals surface area contributed by atoms with Crippen LogP contribution < -0.4 is 16.2 Å². The van der Waals surface area contributed by atoms with E-state index in [2.05, 4.69) is 5.32 Å². The van der Waals surface area contributed by atoms with Gasteiger partial charge in [-0.3, -0.25) is 0 Å². The Hall–Kier alpha value is -1.31. The SMILES string of the molecule is CCCC(O)CNc1ccc(S(N)(=O)=O)cc1N. The molecule has 1 unspecified atom stereocenters. The lowest BCUT2D eigenvalue weighted by molar-refractivity contribution is 0.176. The number of hydrogen-bond donors (Lipinski definition) is 4. The average molecular weight is 273 g/mol. The second-order valence-corrected chi connectivity index (χ2v) is 5.68. The minimum absolute atomic E-state index is 0.0281. The van der Waals surface area contributed by atoms with Gasteiger partial charge in [0.2, 0.25) is 10.0 Å². The van der Waals surface area contributed by atoms with Gasteiger partial charge in [0.15, 0.2) is 0 Å². The van der Waals surface area contributed by atoms with E-state index in [1.165, 1.54) is 18.2 Å². The van der Waals surface area contributed by atoms with Crippen LogP contribution in [0.15, 0.2) is 23.1 Å². The molecular formula is C11H19N3O3S. The molecule has 0 amide bonds. The Bertz CT molecular complexity index is 502. The number of sulfonamides is 1. The van der Waals surface area contributed by atoms with Gasteiger partial charge in [0.1, 0.15) is 0 Å². The maximum atomic E-state index is 11.1. The van der Waals surface area contributed by atoms with E-state index in [0.29, 0.717) is 18.7 Å². The summed E-state index contributed by atoms with van der Waals surface area (Å²) in [6.07, 6.45) is 1.14. The molecule has 0 heterocycles. The number of primary sulfonamides is 1. The van der Waals surface area contributed by atoms with E-state index in [0.717, 1.165) is 6.42 Å². The fourth-order valence-electron chi connectivity index (χ4n) is 1.54. The van der Waals surface area contributed by atoms with Gasteiger partial charge in [-0.15, -0.1) is 0 Å². The van der Waals surface area contributed by atoms with E-state index in [1.54, 1.807) is 0 Å². The summed E-state index contributed by atoms with van der Waals surface area (Å²) in [6, 6.07) is 4.21. The highest BCUT2D eigenvalue weighted by Gasteiger charge is 2.10. The van der Waals surface area contributed by atoms with Crippen LogP contribution in [-0.4, -0.2) is 26.2 Å². The summed E-state index contributed by atoms with van der Waals surface area (Å²) in [5.41, 5.74) is 6.58. The van der Waals surface area contributed by atoms with Crippen LogP contribution in [-0.2, 0) is 10.0 Å². The first kappa shape index (κ1) is 14.7. The molecule has 6 N–H and O–H groups in total. The molecule has 0 aliphatic carbocycles. The first-order valence-corrected chi connectivity index (χ1v) is 7.23. The molecular weight excluding hydrogens is 254 g/mol. The Labute approximate surface area is 107 Å². The molecule has 1 atom stereocenters. The Morgan fingerprint density at radius 3 is 2.61 bits per heavy atom. The first-order chi connectivity index (χ1) is 8.34. The summed E-state index contributed by atoms with van der Waals surface area (Å²) in [5, 5.41) is 17.5. The van der Waals surface area contributed by atoms with Gasteiger partial charge in [-0.25, -0.2) is 13.6 Å². The molecule has 1 aromatic rings. The standard InChI is InChI=1S/C11H19N3O3S/c1-2-3-8(15)7-14-11-5-4-9(6-10(11)12)18(13,16)17/h4-6,8,14-15H,2-3,7,12H2,1H3,(H2,13,16,17). The van der Waals surface area contributed by atoms with Gasteiger partial charge in [-0.2, -0.15) is 0 Å². The van der Waals surface area contributed by atoms with Crippen molar-refractivity contribution in [3.8, 4) is 0 Å². The highest BCUT2D eigenvalue weighted by molar-refractivity contribution is 7.89. The second kappa shape index (κ2) is 6.03. The Kier molecular flexibility index (Phi) is 4.94. The highest BCUT2D eigenvalue weighted by atomic mass is 32.2. The Morgan fingerprint density at radius 1 is 1.44 bits per heavy atom. The zero-order chi connectivity index (χ0) is 13.8. The lowest BCUT2D eigenvalue weighted by atomic mass is 10.2. The number of nitrogens with one attached hydrogen (secondary N) is 1. The van der Waals surface area contributed by atoms with E-state index in [-0.39, 0.29) is 10.6 Å². The third-order valence-corrected chi connectivity index (χ3v) is 3.41. The van der Waals surface area contributed by atoms with Gasteiger partial charge in [0.25, 0.3) is 0 Å². The quantitative estimate of drug-likeness (QED) is 0.562. The van der Waals surface area contributed by atoms with Crippen molar-refractivity contribution in [2.24, 2.45) is 5.14 Å². The van der Waals surface area contributed by atoms with Crippen LogP contribution in [0.1, 0.15) is 19.8 Å². The number of aliphatic hydroxyl groups excluding tert-OH is 1. The molecule has 0 aliphatic heterocycles. The van der Waals surface area contributed by atoms with Crippen molar-refractivity contribution < 1.29 is 13.5 Å². The van der Waals surface area contributed by atoms with Gasteiger partial charge in [0, 0.05) is 6.54 Å².